The first kappa shape index (κ1) is 12.0. The lowest BCUT2D eigenvalue weighted by molar-refractivity contribution is 0.626. The van der Waals surface area contributed by atoms with Gasteiger partial charge in [-0.3, -0.25) is 0 Å². The third kappa shape index (κ3) is 2.38. The van der Waals surface area contributed by atoms with Crippen LogP contribution in [0.3, 0.4) is 0 Å². The third-order valence-electron chi connectivity index (χ3n) is 3.43. The average molecular weight is 263 g/mol. The fraction of sp³-hybridized carbons (Fsp3) is 0.750. The fourth-order valence-corrected chi connectivity index (χ4v) is 3.06. The molecule has 6 heteroatoms. The van der Waals surface area contributed by atoms with Gasteiger partial charge in [-0.05, 0) is 32.7 Å². The Labute approximate surface area is 111 Å². The van der Waals surface area contributed by atoms with Crippen LogP contribution in [0.1, 0.15) is 43.5 Å². The molecule has 1 N–H and O–H groups in total. The molecule has 0 bridgehead atoms. The normalized spacial score (nSPS) is 20.7. The van der Waals surface area contributed by atoms with E-state index < -0.39 is 0 Å². The van der Waals surface area contributed by atoms with Crippen molar-refractivity contribution in [3.63, 3.8) is 0 Å². The van der Waals surface area contributed by atoms with E-state index in [1.165, 1.54) is 31.5 Å². The molecule has 96 valence electrons. The van der Waals surface area contributed by atoms with Crippen LogP contribution >= 0.6 is 11.8 Å². The van der Waals surface area contributed by atoms with E-state index in [0.29, 0.717) is 12.0 Å². The zero-order chi connectivity index (χ0) is 12.5. The van der Waals surface area contributed by atoms with Crippen LogP contribution in [-0.4, -0.2) is 33.6 Å². The lowest BCUT2D eigenvalue weighted by Crippen LogP contribution is -2.25. The van der Waals surface area contributed by atoms with Gasteiger partial charge in [0.2, 0.25) is 0 Å². The molecule has 0 aliphatic heterocycles. The van der Waals surface area contributed by atoms with Crippen LogP contribution < -0.4 is 5.32 Å². The van der Waals surface area contributed by atoms with Crippen molar-refractivity contribution in [2.24, 2.45) is 0 Å². The zero-order valence-corrected chi connectivity index (χ0v) is 11.3. The predicted octanol–water partition coefficient (Wildman–Crippen LogP) is 1.69. The zero-order valence-electron chi connectivity index (χ0n) is 10.5. The molecule has 2 aliphatic carbocycles. The monoisotopic (exact) mass is 263 g/mol. The molecule has 1 aromatic rings. The summed E-state index contributed by atoms with van der Waals surface area (Å²) < 4.78 is 2.33. The van der Waals surface area contributed by atoms with Gasteiger partial charge in [0, 0.05) is 17.7 Å². The summed E-state index contributed by atoms with van der Waals surface area (Å²) in [5, 5.41) is 21.6. The number of nitriles is 1. The predicted molar refractivity (Wildman–Crippen MR) is 69.5 cm³/mol. The van der Waals surface area contributed by atoms with Crippen LogP contribution in [0, 0.1) is 11.3 Å². The van der Waals surface area contributed by atoms with Crippen molar-refractivity contribution in [2.75, 3.05) is 12.8 Å². The maximum absolute atomic E-state index is 8.93. The van der Waals surface area contributed by atoms with Crippen LogP contribution in [0.2, 0.25) is 0 Å². The number of thioether (sulfide) groups is 1. The smallest absolute Gasteiger partial charge is 0.191 e. The van der Waals surface area contributed by atoms with Gasteiger partial charge >= 0.3 is 0 Å². The molecule has 0 spiro atoms. The average Bonchev–Trinajstić information content (AvgIpc) is 3.30. The summed E-state index contributed by atoms with van der Waals surface area (Å²) >= 11 is 1.64. The number of rotatable bonds is 6. The lowest BCUT2D eigenvalue weighted by Gasteiger charge is -2.09. The Balaban J connectivity index is 1.73. The molecule has 3 rings (SSSR count). The summed E-state index contributed by atoms with van der Waals surface area (Å²) in [6.45, 7) is 0. The number of hydrogen-bond donors (Lipinski definition) is 1. The van der Waals surface area contributed by atoms with Gasteiger partial charge in [-0.2, -0.15) is 5.26 Å². The minimum absolute atomic E-state index is 0.122. The molecule has 2 fully saturated rings. The Kier molecular flexibility index (Phi) is 3.27. The van der Waals surface area contributed by atoms with E-state index >= 15 is 0 Å². The Hall–Kier alpha value is -1.06. The molecule has 0 aromatic carbocycles. The van der Waals surface area contributed by atoms with E-state index in [1.807, 2.05) is 7.05 Å². The Morgan fingerprint density at radius 3 is 2.78 bits per heavy atom. The molecule has 1 atom stereocenters. The second-order valence-corrected chi connectivity index (χ2v) is 5.98. The van der Waals surface area contributed by atoms with Gasteiger partial charge in [-0.25, -0.2) is 0 Å². The Morgan fingerprint density at radius 1 is 1.44 bits per heavy atom. The highest BCUT2D eigenvalue weighted by Gasteiger charge is 2.36. The van der Waals surface area contributed by atoms with E-state index in [9.17, 15) is 0 Å². The van der Waals surface area contributed by atoms with Gasteiger partial charge in [-0.1, -0.05) is 11.8 Å². The number of nitrogens with zero attached hydrogens (tertiary/aromatic N) is 4. The van der Waals surface area contributed by atoms with Gasteiger partial charge in [-0.15, -0.1) is 10.2 Å². The quantitative estimate of drug-likeness (QED) is 0.791. The van der Waals surface area contributed by atoms with Crippen molar-refractivity contribution in [1.82, 2.24) is 20.1 Å². The molecule has 0 radical (unpaired) electrons. The summed E-state index contributed by atoms with van der Waals surface area (Å²) in [5.74, 6) is 2.55. The topological polar surface area (TPSA) is 66.5 Å². The number of hydrogen-bond acceptors (Lipinski definition) is 5. The second kappa shape index (κ2) is 4.90. The van der Waals surface area contributed by atoms with E-state index in [-0.39, 0.29) is 6.04 Å². The summed E-state index contributed by atoms with van der Waals surface area (Å²) in [6.07, 6.45) is 5.01. The lowest BCUT2D eigenvalue weighted by atomic mass is 10.4. The van der Waals surface area contributed by atoms with E-state index in [0.717, 1.165) is 10.9 Å². The summed E-state index contributed by atoms with van der Waals surface area (Å²) in [6, 6.07) is 2.74. The number of nitrogens with one attached hydrogen (secondary N) is 1. The van der Waals surface area contributed by atoms with E-state index in [1.54, 1.807) is 11.8 Å². The van der Waals surface area contributed by atoms with Crippen molar-refractivity contribution in [3.8, 4) is 6.07 Å². The van der Waals surface area contributed by atoms with Crippen LogP contribution in [0.25, 0.3) is 0 Å². The van der Waals surface area contributed by atoms with Crippen molar-refractivity contribution in [3.05, 3.63) is 5.82 Å². The molecule has 18 heavy (non-hydrogen) atoms. The SMILES string of the molecule is CNC(C#N)CSc1nnc(C2CC2)n1C1CC1. The molecular weight excluding hydrogens is 246 g/mol. The van der Waals surface area contributed by atoms with Crippen molar-refractivity contribution < 1.29 is 0 Å². The maximum Gasteiger partial charge on any atom is 0.191 e. The van der Waals surface area contributed by atoms with Gasteiger partial charge in [0.25, 0.3) is 0 Å². The van der Waals surface area contributed by atoms with E-state index in [2.05, 4.69) is 26.2 Å². The minimum Gasteiger partial charge on any atom is -0.304 e. The molecule has 0 saturated heterocycles. The highest BCUT2D eigenvalue weighted by Crippen LogP contribution is 2.45. The first-order chi connectivity index (χ1) is 8.83. The fourth-order valence-electron chi connectivity index (χ4n) is 2.03. The second-order valence-electron chi connectivity index (χ2n) is 5.00. The molecular formula is C12H17N5S. The summed E-state index contributed by atoms with van der Waals surface area (Å²) in [4.78, 5) is 0. The Bertz CT molecular complexity index is 469. The van der Waals surface area contributed by atoms with Gasteiger partial charge in [0.15, 0.2) is 5.16 Å². The molecule has 1 heterocycles. The molecule has 1 aromatic heterocycles. The van der Waals surface area contributed by atoms with Crippen LogP contribution in [0.4, 0.5) is 0 Å². The third-order valence-corrected chi connectivity index (χ3v) is 4.47. The summed E-state index contributed by atoms with van der Waals surface area (Å²) in [7, 11) is 1.82. The first-order valence-corrected chi connectivity index (χ1v) is 7.46. The molecule has 2 aliphatic rings. The van der Waals surface area contributed by atoms with E-state index in [4.69, 9.17) is 5.26 Å². The van der Waals surface area contributed by atoms with Crippen molar-refractivity contribution in [2.45, 2.75) is 48.8 Å². The highest BCUT2D eigenvalue weighted by atomic mass is 32.2. The first-order valence-electron chi connectivity index (χ1n) is 6.48. The number of aromatic nitrogens is 3. The molecule has 0 amide bonds. The van der Waals surface area contributed by atoms with Gasteiger partial charge < -0.3 is 9.88 Å². The largest absolute Gasteiger partial charge is 0.304 e. The molecule has 2 saturated carbocycles. The van der Waals surface area contributed by atoms with Crippen LogP contribution in [0.15, 0.2) is 5.16 Å². The highest BCUT2D eigenvalue weighted by molar-refractivity contribution is 7.99. The Morgan fingerprint density at radius 2 is 2.22 bits per heavy atom. The molecule has 5 nitrogen and oxygen atoms in total. The van der Waals surface area contributed by atoms with Gasteiger partial charge in [0.05, 0.1) is 6.07 Å². The van der Waals surface area contributed by atoms with Crippen LogP contribution in [0.5, 0.6) is 0 Å². The maximum atomic E-state index is 8.93. The molecule has 1 unspecified atom stereocenters. The van der Waals surface area contributed by atoms with Crippen molar-refractivity contribution in [1.29, 1.82) is 5.26 Å². The van der Waals surface area contributed by atoms with Gasteiger partial charge in [0.1, 0.15) is 11.9 Å². The van der Waals surface area contributed by atoms with Crippen LogP contribution in [-0.2, 0) is 0 Å². The minimum atomic E-state index is -0.122. The van der Waals surface area contributed by atoms with Crippen molar-refractivity contribution >= 4 is 11.8 Å². The standard InChI is InChI=1S/C12H17N5S/c1-14-9(6-13)7-18-12-16-15-11(8-2-3-8)17(12)10-4-5-10/h8-10,14H,2-5,7H2,1H3. The summed E-state index contributed by atoms with van der Waals surface area (Å²) in [5.41, 5.74) is 0.